The third kappa shape index (κ3) is 3.12. The molecule has 0 N–H and O–H groups in total. The summed E-state index contributed by atoms with van der Waals surface area (Å²) in [5.41, 5.74) is 4.31. The molecule has 0 aliphatic carbocycles. The summed E-state index contributed by atoms with van der Waals surface area (Å²) in [7, 11) is 0. The number of alkyl halides is 1. The van der Waals surface area contributed by atoms with Gasteiger partial charge in [-0.1, -0.05) is 29.3 Å². The average Bonchev–Trinajstić information content (AvgIpc) is 2.93. The monoisotopic (exact) mass is 322 g/mol. The van der Waals surface area contributed by atoms with Crippen molar-refractivity contribution in [3.8, 4) is 11.5 Å². The topological polar surface area (TPSA) is 18.5 Å². The second kappa shape index (κ2) is 6.17. The van der Waals surface area contributed by atoms with E-state index in [1.807, 2.05) is 37.3 Å². The van der Waals surface area contributed by atoms with Crippen molar-refractivity contribution >= 4 is 23.2 Å². The van der Waals surface area contributed by atoms with E-state index in [2.05, 4.69) is 0 Å². The molecule has 0 radical (unpaired) electrons. The molecule has 1 aliphatic rings. The Morgan fingerprint density at radius 1 is 1.19 bits per heavy atom. The van der Waals surface area contributed by atoms with E-state index in [1.54, 1.807) is 0 Å². The lowest BCUT2D eigenvalue weighted by Crippen LogP contribution is -2.00. The largest absolute Gasteiger partial charge is 0.493 e. The zero-order valence-corrected chi connectivity index (χ0v) is 13.3. The SMILES string of the molecule is Cc1ccc(OCc2cc(Cl)cc3c2OCC3)c(CCl)c1. The van der Waals surface area contributed by atoms with E-state index < -0.39 is 0 Å². The predicted molar refractivity (Wildman–Crippen MR) is 85.7 cm³/mol. The lowest BCUT2D eigenvalue weighted by Gasteiger charge is -2.13. The molecule has 2 aromatic rings. The first-order valence-corrected chi connectivity index (χ1v) is 7.81. The minimum atomic E-state index is 0.426. The number of benzene rings is 2. The van der Waals surface area contributed by atoms with E-state index in [1.165, 1.54) is 5.56 Å². The van der Waals surface area contributed by atoms with Gasteiger partial charge in [0.2, 0.25) is 0 Å². The highest BCUT2D eigenvalue weighted by molar-refractivity contribution is 6.30. The molecule has 0 bridgehead atoms. The third-order valence-electron chi connectivity index (χ3n) is 3.57. The molecule has 3 rings (SSSR count). The van der Waals surface area contributed by atoms with Crippen molar-refractivity contribution in [1.29, 1.82) is 0 Å². The fraction of sp³-hybridized carbons (Fsp3) is 0.294. The highest BCUT2D eigenvalue weighted by Crippen LogP contribution is 2.34. The van der Waals surface area contributed by atoms with Gasteiger partial charge in [0.1, 0.15) is 18.1 Å². The molecule has 0 amide bonds. The first-order valence-electron chi connectivity index (χ1n) is 6.90. The Kier molecular flexibility index (Phi) is 4.27. The van der Waals surface area contributed by atoms with Crippen molar-refractivity contribution in [2.24, 2.45) is 0 Å². The smallest absolute Gasteiger partial charge is 0.129 e. The minimum Gasteiger partial charge on any atom is -0.493 e. The van der Waals surface area contributed by atoms with E-state index in [0.717, 1.165) is 39.6 Å². The molecule has 110 valence electrons. The second-order valence-corrected chi connectivity index (χ2v) is 5.89. The Morgan fingerprint density at radius 2 is 2.05 bits per heavy atom. The summed E-state index contributed by atoms with van der Waals surface area (Å²) in [6.45, 7) is 3.17. The molecule has 0 unspecified atom stereocenters. The summed E-state index contributed by atoms with van der Waals surface area (Å²) >= 11 is 12.1. The van der Waals surface area contributed by atoms with Crippen LogP contribution in [-0.4, -0.2) is 6.61 Å². The molecule has 0 fully saturated rings. The van der Waals surface area contributed by atoms with Crippen molar-refractivity contribution in [2.75, 3.05) is 6.61 Å². The van der Waals surface area contributed by atoms with E-state index in [9.17, 15) is 0 Å². The molecule has 0 aromatic heterocycles. The van der Waals surface area contributed by atoms with Gasteiger partial charge in [0.05, 0.1) is 12.5 Å². The number of fused-ring (bicyclic) bond motifs is 1. The Balaban J connectivity index is 1.83. The maximum Gasteiger partial charge on any atom is 0.129 e. The van der Waals surface area contributed by atoms with Gasteiger partial charge in [0.25, 0.3) is 0 Å². The molecule has 0 atom stereocenters. The Bertz CT molecular complexity index is 668. The molecular weight excluding hydrogens is 307 g/mol. The fourth-order valence-corrected chi connectivity index (χ4v) is 3.03. The van der Waals surface area contributed by atoms with Crippen LogP contribution in [0.2, 0.25) is 5.02 Å². The van der Waals surface area contributed by atoms with Crippen LogP contribution in [0.1, 0.15) is 22.3 Å². The normalized spacial score (nSPS) is 12.9. The van der Waals surface area contributed by atoms with Crippen molar-refractivity contribution < 1.29 is 9.47 Å². The number of hydrogen-bond donors (Lipinski definition) is 0. The van der Waals surface area contributed by atoms with Crippen molar-refractivity contribution in [1.82, 2.24) is 0 Å². The van der Waals surface area contributed by atoms with Crippen molar-refractivity contribution in [3.63, 3.8) is 0 Å². The van der Waals surface area contributed by atoms with Gasteiger partial charge in [0, 0.05) is 22.6 Å². The number of rotatable bonds is 4. The Morgan fingerprint density at radius 3 is 2.86 bits per heavy atom. The molecule has 0 saturated heterocycles. The third-order valence-corrected chi connectivity index (χ3v) is 4.07. The van der Waals surface area contributed by atoms with E-state index in [-0.39, 0.29) is 0 Å². The summed E-state index contributed by atoms with van der Waals surface area (Å²) in [5.74, 6) is 2.16. The van der Waals surface area contributed by atoms with Gasteiger partial charge in [-0.2, -0.15) is 0 Å². The Hall–Kier alpha value is -1.38. The minimum absolute atomic E-state index is 0.426. The highest BCUT2D eigenvalue weighted by Gasteiger charge is 2.18. The van der Waals surface area contributed by atoms with E-state index in [0.29, 0.717) is 19.1 Å². The summed E-state index contributed by atoms with van der Waals surface area (Å²) in [4.78, 5) is 0. The molecule has 1 heterocycles. The van der Waals surface area contributed by atoms with E-state index in [4.69, 9.17) is 32.7 Å². The zero-order valence-electron chi connectivity index (χ0n) is 11.8. The maximum absolute atomic E-state index is 6.16. The van der Waals surface area contributed by atoms with Gasteiger partial charge < -0.3 is 9.47 Å². The van der Waals surface area contributed by atoms with Gasteiger partial charge in [-0.05, 0) is 30.7 Å². The molecule has 2 aromatic carbocycles. The fourth-order valence-electron chi connectivity index (χ4n) is 2.56. The van der Waals surface area contributed by atoms with Crippen LogP contribution < -0.4 is 9.47 Å². The first-order chi connectivity index (χ1) is 10.2. The molecule has 21 heavy (non-hydrogen) atoms. The van der Waals surface area contributed by atoms with Crippen LogP contribution in [-0.2, 0) is 18.9 Å². The second-order valence-electron chi connectivity index (χ2n) is 5.19. The molecule has 0 saturated carbocycles. The number of halogens is 2. The van der Waals surface area contributed by atoms with Gasteiger partial charge in [-0.25, -0.2) is 0 Å². The highest BCUT2D eigenvalue weighted by atomic mass is 35.5. The van der Waals surface area contributed by atoms with Crippen LogP contribution in [0.4, 0.5) is 0 Å². The van der Waals surface area contributed by atoms with Gasteiger partial charge in [-0.3, -0.25) is 0 Å². The zero-order chi connectivity index (χ0) is 14.8. The standard InChI is InChI=1S/C17H16Cl2O2/c1-11-2-3-16(13(6-11)9-18)21-10-14-8-15(19)7-12-4-5-20-17(12)14/h2-3,6-8H,4-5,9-10H2,1H3. The van der Waals surface area contributed by atoms with E-state index >= 15 is 0 Å². The van der Waals surface area contributed by atoms with Crippen molar-refractivity contribution in [3.05, 3.63) is 57.6 Å². The van der Waals surface area contributed by atoms with Crippen LogP contribution in [0.15, 0.2) is 30.3 Å². The van der Waals surface area contributed by atoms with Crippen LogP contribution >= 0.6 is 23.2 Å². The van der Waals surface area contributed by atoms with Crippen LogP contribution in [0.3, 0.4) is 0 Å². The lowest BCUT2D eigenvalue weighted by molar-refractivity contribution is 0.290. The molecule has 1 aliphatic heterocycles. The summed E-state index contributed by atoms with van der Waals surface area (Å²) < 4.78 is 11.6. The number of hydrogen-bond acceptors (Lipinski definition) is 2. The maximum atomic E-state index is 6.16. The van der Waals surface area contributed by atoms with Crippen LogP contribution in [0.5, 0.6) is 11.5 Å². The number of ether oxygens (including phenoxy) is 2. The molecule has 2 nitrogen and oxygen atoms in total. The number of aryl methyl sites for hydroxylation is 1. The first kappa shape index (κ1) is 14.6. The lowest BCUT2D eigenvalue weighted by atomic mass is 10.1. The average molecular weight is 323 g/mol. The van der Waals surface area contributed by atoms with Gasteiger partial charge in [-0.15, -0.1) is 11.6 Å². The van der Waals surface area contributed by atoms with Crippen LogP contribution in [0, 0.1) is 6.92 Å². The molecule has 0 spiro atoms. The van der Waals surface area contributed by atoms with Gasteiger partial charge >= 0.3 is 0 Å². The summed E-state index contributed by atoms with van der Waals surface area (Å²) in [6, 6.07) is 9.88. The molecular formula is C17H16Cl2O2. The predicted octanol–water partition coefficient (Wildman–Crippen LogP) is 4.90. The van der Waals surface area contributed by atoms with Crippen molar-refractivity contribution in [2.45, 2.75) is 25.8 Å². The quantitative estimate of drug-likeness (QED) is 0.745. The molecule has 4 heteroatoms. The van der Waals surface area contributed by atoms with Crippen LogP contribution in [0.25, 0.3) is 0 Å². The summed E-state index contributed by atoms with van der Waals surface area (Å²) in [5, 5.41) is 0.722. The van der Waals surface area contributed by atoms with Gasteiger partial charge in [0.15, 0.2) is 0 Å². The summed E-state index contributed by atoms with van der Waals surface area (Å²) in [6.07, 6.45) is 0.903. The Labute approximate surface area is 134 Å².